The van der Waals surface area contributed by atoms with Gasteiger partial charge in [0.05, 0.1) is 6.61 Å². The molecule has 1 aromatic heterocycles. The Labute approximate surface area is 106 Å². The fourth-order valence-corrected chi connectivity index (χ4v) is 2.23. The zero-order valence-electron chi connectivity index (χ0n) is 9.24. The van der Waals surface area contributed by atoms with Crippen molar-refractivity contribution in [2.75, 3.05) is 6.61 Å². The standard InChI is InChI=1S/C8H10ClF3N2O3S/c1-2-17-4-6-7(18(9,15)16)3-14(13-6)5-8(10,11)12/h3H,2,4-5H2,1H3. The average molecular weight is 307 g/mol. The zero-order valence-corrected chi connectivity index (χ0v) is 10.8. The predicted octanol–water partition coefficient (Wildman–Crippen LogP) is 1.91. The summed E-state index contributed by atoms with van der Waals surface area (Å²) in [7, 11) is 0.952. The zero-order chi connectivity index (χ0) is 14.0. The van der Waals surface area contributed by atoms with E-state index >= 15 is 0 Å². The van der Waals surface area contributed by atoms with Crippen LogP contribution in [0.25, 0.3) is 0 Å². The molecule has 0 fully saturated rings. The van der Waals surface area contributed by atoms with Crippen LogP contribution in [0.15, 0.2) is 11.1 Å². The number of hydrogen-bond acceptors (Lipinski definition) is 4. The number of ether oxygens (including phenoxy) is 1. The third-order valence-corrected chi connectivity index (χ3v) is 3.21. The highest BCUT2D eigenvalue weighted by Gasteiger charge is 2.30. The third-order valence-electron chi connectivity index (χ3n) is 1.85. The molecule has 0 saturated heterocycles. The Morgan fingerprint density at radius 2 is 2.11 bits per heavy atom. The molecule has 5 nitrogen and oxygen atoms in total. The summed E-state index contributed by atoms with van der Waals surface area (Å²) >= 11 is 0. The van der Waals surface area contributed by atoms with Gasteiger partial charge in [-0.05, 0) is 6.92 Å². The number of alkyl halides is 3. The van der Waals surface area contributed by atoms with Crippen LogP contribution in [0.2, 0.25) is 0 Å². The first-order chi connectivity index (χ1) is 8.13. The molecule has 0 saturated carbocycles. The molecule has 0 amide bonds. The highest BCUT2D eigenvalue weighted by Crippen LogP contribution is 2.23. The lowest BCUT2D eigenvalue weighted by molar-refractivity contribution is -0.142. The van der Waals surface area contributed by atoms with Crippen molar-refractivity contribution < 1.29 is 26.3 Å². The summed E-state index contributed by atoms with van der Waals surface area (Å²) in [5, 5.41) is 3.51. The molecular formula is C8H10ClF3N2O3S. The molecule has 0 atom stereocenters. The maximum Gasteiger partial charge on any atom is 0.408 e. The van der Waals surface area contributed by atoms with Crippen LogP contribution >= 0.6 is 10.7 Å². The van der Waals surface area contributed by atoms with Gasteiger partial charge in [-0.2, -0.15) is 18.3 Å². The number of nitrogens with zero attached hydrogens (tertiary/aromatic N) is 2. The Hall–Kier alpha value is -0.800. The van der Waals surface area contributed by atoms with Crippen LogP contribution in [0.4, 0.5) is 13.2 Å². The molecule has 1 aromatic rings. The van der Waals surface area contributed by atoms with Gasteiger partial charge in [0.2, 0.25) is 0 Å². The fourth-order valence-electron chi connectivity index (χ4n) is 1.21. The van der Waals surface area contributed by atoms with Gasteiger partial charge in [0.1, 0.15) is 17.1 Å². The lowest BCUT2D eigenvalue weighted by Gasteiger charge is -2.05. The van der Waals surface area contributed by atoms with E-state index in [1.54, 1.807) is 6.92 Å². The van der Waals surface area contributed by atoms with E-state index in [0.717, 1.165) is 6.20 Å². The van der Waals surface area contributed by atoms with Crippen LogP contribution in [-0.4, -0.2) is 31.0 Å². The Morgan fingerprint density at radius 3 is 2.56 bits per heavy atom. The van der Waals surface area contributed by atoms with Gasteiger partial charge in [-0.3, -0.25) is 4.68 Å². The molecule has 10 heteroatoms. The Balaban J connectivity index is 3.08. The van der Waals surface area contributed by atoms with Gasteiger partial charge in [-0.15, -0.1) is 0 Å². The molecule has 1 heterocycles. The topological polar surface area (TPSA) is 61.2 Å². The molecule has 0 radical (unpaired) electrons. The molecule has 0 N–H and O–H groups in total. The first kappa shape index (κ1) is 15.3. The molecule has 0 aliphatic carbocycles. The van der Waals surface area contributed by atoms with E-state index in [-0.39, 0.29) is 18.9 Å². The minimum absolute atomic E-state index is 0.142. The molecule has 1 rings (SSSR count). The second-order valence-electron chi connectivity index (χ2n) is 3.33. The molecule has 0 bridgehead atoms. The smallest absolute Gasteiger partial charge is 0.375 e. The van der Waals surface area contributed by atoms with E-state index in [1.807, 2.05) is 0 Å². The SMILES string of the molecule is CCOCc1nn(CC(F)(F)F)cc1S(=O)(=O)Cl. The maximum atomic E-state index is 12.2. The Morgan fingerprint density at radius 1 is 1.50 bits per heavy atom. The second-order valence-corrected chi connectivity index (χ2v) is 5.86. The summed E-state index contributed by atoms with van der Waals surface area (Å²) in [5.74, 6) is 0. The van der Waals surface area contributed by atoms with Gasteiger partial charge >= 0.3 is 6.18 Å². The average Bonchev–Trinajstić information content (AvgIpc) is 2.54. The molecule has 0 spiro atoms. The maximum absolute atomic E-state index is 12.2. The molecule has 0 aliphatic rings. The number of rotatable bonds is 5. The summed E-state index contributed by atoms with van der Waals surface area (Å²) in [6.45, 7) is 0.316. The van der Waals surface area contributed by atoms with Crippen LogP contribution < -0.4 is 0 Å². The van der Waals surface area contributed by atoms with Gasteiger partial charge in [0, 0.05) is 23.5 Å². The lowest BCUT2D eigenvalue weighted by atomic mass is 10.5. The highest BCUT2D eigenvalue weighted by molar-refractivity contribution is 8.13. The van der Waals surface area contributed by atoms with Crippen LogP contribution in [0, 0.1) is 0 Å². The predicted molar refractivity (Wildman–Crippen MR) is 56.7 cm³/mol. The summed E-state index contributed by atoms with van der Waals surface area (Å²) in [6.07, 6.45) is -3.76. The van der Waals surface area contributed by atoms with Crippen molar-refractivity contribution in [3.63, 3.8) is 0 Å². The molecule has 0 unspecified atom stereocenters. The first-order valence-electron chi connectivity index (χ1n) is 4.79. The minimum Gasteiger partial charge on any atom is -0.375 e. The minimum atomic E-state index is -4.50. The number of hydrogen-bond donors (Lipinski definition) is 0. The van der Waals surface area contributed by atoms with E-state index in [0.29, 0.717) is 4.68 Å². The van der Waals surface area contributed by atoms with E-state index in [1.165, 1.54) is 0 Å². The Kier molecular flexibility index (Phi) is 4.62. The van der Waals surface area contributed by atoms with Crippen LogP contribution in [0.1, 0.15) is 12.6 Å². The van der Waals surface area contributed by atoms with Gasteiger partial charge in [-0.25, -0.2) is 8.42 Å². The molecule has 0 aliphatic heterocycles. The van der Waals surface area contributed by atoms with Gasteiger partial charge < -0.3 is 4.74 Å². The first-order valence-corrected chi connectivity index (χ1v) is 7.10. The van der Waals surface area contributed by atoms with Crippen LogP contribution in [0.5, 0.6) is 0 Å². The highest BCUT2D eigenvalue weighted by atomic mass is 35.7. The van der Waals surface area contributed by atoms with Crippen molar-refractivity contribution in [1.29, 1.82) is 0 Å². The summed E-state index contributed by atoms with van der Waals surface area (Å²) in [5.41, 5.74) is -0.142. The number of aromatic nitrogens is 2. The quantitative estimate of drug-likeness (QED) is 0.780. The van der Waals surface area contributed by atoms with E-state index < -0.39 is 26.7 Å². The van der Waals surface area contributed by atoms with Crippen LogP contribution in [0.3, 0.4) is 0 Å². The lowest BCUT2D eigenvalue weighted by Crippen LogP contribution is -2.18. The normalized spacial score (nSPS) is 12.9. The van der Waals surface area contributed by atoms with Crippen molar-refractivity contribution in [2.45, 2.75) is 31.1 Å². The van der Waals surface area contributed by atoms with Crippen molar-refractivity contribution in [1.82, 2.24) is 9.78 Å². The summed E-state index contributed by atoms with van der Waals surface area (Å²) < 4.78 is 64.2. The van der Waals surface area contributed by atoms with E-state index in [4.69, 9.17) is 15.4 Å². The van der Waals surface area contributed by atoms with Crippen LogP contribution in [-0.2, 0) is 26.9 Å². The van der Waals surface area contributed by atoms with Crippen molar-refractivity contribution in [3.05, 3.63) is 11.9 Å². The van der Waals surface area contributed by atoms with Gasteiger partial charge in [0.15, 0.2) is 0 Å². The summed E-state index contributed by atoms with van der Waals surface area (Å²) in [6, 6.07) is 0. The second kappa shape index (κ2) is 5.45. The molecular weight excluding hydrogens is 297 g/mol. The largest absolute Gasteiger partial charge is 0.408 e. The van der Waals surface area contributed by atoms with E-state index in [9.17, 15) is 21.6 Å². The molecule has 104 valence electrons. The van der Waals surface area contributed by atoms with Crippen molar-refractivity contribution in [3.8, 4) is 0 Å². The Bertz CT molecular complexity index is 512. The molecule has 18 heavy (non-hydrogen) atoms. The van der Waals surface area contributed by atoms with Crippen molar-refractivity contribution >= 4 is 19.7 Å². The summed E-state index contributed by atoms with van der Waals surface area (Å²) in [4.78, 5) is -0.470. The molecule has 0 aromatic carbocycles. The fraction of sp³-hybridized carbons (Fsp3) is 0.625. The van der Waals surface area contributed by atoms with Crippen molar-refractivity contribution in [2.24, 2.45) is 0 Å². The third kappa shape index (κ3) is 4.46. The van der Waals surface area contributed by atoms with Gasteiger partial charge in [0.25, 0.3) is 9.05 Å². The van der Waals surface area contributed by atoms with Gasteiger partial charge in [-0.1, -0.05) is 0 Å². The van der Waals surface area contributed by atoms with E-state index in [2.05, 4.69) is 5.10 Å². The number of halogens is 4. The monoisotopic (exact) mass is 306 g/mol.